The molecule has 2 aromatic rings. The van der Waals surface area contributed by atoms with Crippen LogP contribution in [0.5, 0.6) is 5.75 Å². The number of hydrogen-bond acceptors (Lipinski definition) is 5. The van der Waals surface area contributed by atoms with Crippen LogP contribution in [0.4, 0.5) is 26.3 Å². The number of aromatic nitrogens is 1. The van der Waals surface area contributed by atoms with E-state index in [-0.39, 0.29) is 36.7 Å². The van der Waals surface area contributed by atoms with Crippen LogP contribution < -0.4 is 10.5 Å². The molecule has 1 aromatic heterocycles. The SMILES string of the molecule is NC(=O)[C@@H]1CCCN1C(=O)c1ccc(-c2ccc(OCC3CCN(CC(F)(F)C(F)(F)F)CC3)cn2)c(F)c1. The van der Waals surface area contributed by atoms with Crippen molar-refractivity contribution >= 4 is 11.8 Å². The maximum Gasteiger partial charge on any atom is 0.454 e. The Kier molecular flexibility index (Phi) is 8.38. The molecule has 13 heteroatoms. The number of carbonyl (C=O) groups is 2. The van der Waals surface area contributed by atoms with Crippen molar-refractivity contribution in [1.29, 1.82) is 0 Å². The Bertz CT molecular complexity index is 1180. The summed E-state index contributed by atoms with van der Waals surface area (Å²) in [5, 5.41) is 0. The van der Waals surface area contributed by atoms with E-state index in [1.165, 1.54) is 23.2 Å². The monoisotopic (exact) mass is 558 g/mol. The van der Waals surface area contributed by atoms with Crippen molar-refractivity contribution in [3.8, 4) is 17.0 Å². The lowest BCUT2D eigenvalue weighted by molar-refractivity contribution is -0.287. The van der Waals surface area contributed by atoms with Crippen LogP contribution in [0.2, 0.25) is 0 Å². The van der Waals surface area contributed by atoms with Gasteiger partial charge in [0.1, 0.15) is 17.6 Å². The molecular weight excluding hydrogens is 530 g/mol. The number of halogens is 6. The van der Waals surface area contributed by atoms with Crippen LogP contribution in [0.25, 0.3) is 11.3 Å². The van der Waals surface area contributed by atoms with Crippen LogP contribution >= 0.6 is 0 Å². The minimum atomic E-state index is -5.57. The normalized spacial score (nSPS) is 19.3. The van der Waals surface area contributed by atoms with Gasteiger partial charge in [0.15, 0.2) is 0 Å². The van der Waals surface area contributed by atoms with Gasteiger partial charge in [0.05, 0.1) is 25.0 Å². The molecule has 1 aromatic carbocycles. The van der Waals surface area contributed by atoms with Crippen molar-refractivity contribution in [1.82, 2.24) is 14.8 Å². The van der Waals surface area contributed by atoms with Crippen molar-refractivity contribution in [2.45, 2.75) is 43.8 Å². The van der Waals surface area contributed by atoms with Gasteiger partial charge in [0.25, 0.3) is 5.91 Å². The number of pyridine rings is 1. The smallest absolute Gasteiger partial charge is 0.454 e. The van der Waals surface area contributed by atoms with Crippen LogP contribution in [-0.2, 0) is 4.79 Å². The molecule has 2 N–H and O–H groups in total. The molecular formula is C26H28F6N4O3. The number of carbonyl (C=O) groups excluding carboxylic acids is 2. The van der Waals surface area contributed by atoms with Gasteiger partial charge >= 0.3 is 12.1 Å². The molecule has 0 aliphatic carbocycles. The van der Waals surface area contributed by atoms with E-state index in [1.807, 2.05) is 0 Å². The number of rotatable bonds is 8. The van der Waals surface area contributed by atoms with Gasteiger partial charge in [-0.3, -0.25) is 19.5 Å². The second kappa shape index (κ2) is 11.4. The van der Waals surface area contributed by atoms with Crippen molar-refractivity contribution in [2.24, 2.45) is 11.7 Å². The Morgan fingerprint density at radius 2 is 1.74 bits per heavy atom. The molecule has 0 saturated carbocycles. The average molecular weight is 559 g/mol. The first-order chi connectivity index (χ1) is 18.4. The lowest BCUT2D eigenvalue weighted by Gasteiger charge is -2.34. The number of amides is 2. The largest absolute Gasteiger partial charge is 0.492 e. The fourth-order valence-electron chi connectivity index (χ4n) is 4.85. The number of nitrogens with two attached hydrogens (primary N) is 1. The minimum Gasteiger partial charge on any atom is -0.492 e. The number of piperidine rings is 1. The van der Waals surface area contributed by atoms with Gasteiger partial charge < -0.3 is 15.4 Å². The van der Waals surface area contributed by atoms with Gasteiger partial charge in [-0.25, -0.2) is 4.39 Å². The number of primary amides is 1. The summed E-state index contributed by atoms with van der Waals surface area (Å²) < 4.78 is 84.4. The molecule has 0 unspecified atom stereocenters. The van der Waals surface area contributed by atoms with Crippen LogP contribution in [0.1, 0.15) is 36.0 Å². The summed E-state index contributed by atoms with van der Waals surface area (Å²) in [6, 6.07) is 6.40. The molecule has 2 saturated heterocycles. The molecule has 1 atom stereocenters. The number of nitrogens with zero attached hydrogens (tertiary/aromatic N) is 3. The molecule has 4 rings (SSSR count). The van der Waals surface area contributed by atoms with E-state index >= 15 is 0 Å². The number of hydrogen-bond donors (Lipinski definition) is 1. The number of alkyl halides is 5. The molecule has 39 heavy (non-hydrogen) atoms. The lowest BCUT2D eigenvalue weighted by Crippen LogP contribution is -2.49. The second-order valence-corrected chi connectivity index (χ2v) is 9.87. The summed E-state index contributed by atoms with van der Waals surface area (Å²) >= 11 is 0. The topological polar surface area (TPSA) is 88.8 Å². The summed E-state index contributed by atoms with van der Waals surface area (Å²) in [7, 11) is 0. The van der Waals surface area contributed by atoms with Crippen LogP contribution in [-0.4, -0.2) is 77.5 Å². The summed E-state index contributed by atoms with van der Waals surface area (Å²) in [4.78, 5) is 31.0. The molecule has 0 spiro atoms. The first-order valence-electron chi connectivity index (χ1n) is 12.5. The van der Waals surface area contributed by atoms with E-state index in [1.54, 1.807) is 12.1 Å². The molecule has 2 amide bonds. The Morgan fingerprint density at radius 3 is 2.33 bits per heavy atom. The number of benzene rings is 1. The fourth-order valence-corrected chi connectivity index (χ4v) is 4.85. The van der Waals surface area contributed by atoms with Crippen molar-refractivity contribution in [3.63, 3.8) is 0 Å². The Balaban J connectivity index is 1.30. The third kappa shape index (κ3) is 6.63. The van der Waals surface area contributed by atoms with Crippen molar-refractivity contribution < 1.29 is 40.7 Å². The third-order valence-corrected chi connectivity index (χ3v) is 7.10. The van der Waals surface area contributed by atoms with E-state index in [0.29, 0.717) is 43.7 Å². The highest BCUT2D eigenvalue weighted by Gasteiger charge is 2.58. The highest BCUT2D eigenvalue weighted by molar-refractivity contribution is 5.98. The molecule has 0 radical (unpaired) electrons. The Labute approximate surface area is 220 Å². The molecule has 2 aliphatic rings. The zero-order valence-electron chi connectivity index (χ0n) is 20.9. The number of likely N-dealkylation sites (tertiary alicyclic amines) is 2. The Hall–Kier alpha value is -3.35. The standard InChI is InChI=1S/C26H28F6N4O3/c27-20-12-17(24(38)36-9-1-2-22(36)23(33)37)3-5-19(20)21-6-4-18(13-34-21)39-14-16-7-10-35(11-8-16)15-25(28,29)26(30,31)32/h3-6,12-13,16,22H,1-2,7-11,14-15H2,(H2,33,37)/t22-/m0/s1. The molecule has 212 valence electrons. The van der Waals surface area contributed by atoms with Crippen molar-refractivity contribution in [2.75, 3.05) is 32.8 Å². The quantitative estimate of drug-likeness (QED) is 0.489. The molecule has 7 nitrogen and oxygen atoms in total. The highest BCUT2D eigenvalue weighted by Crippen LogP contribution is 2.36. The summed E-state index contributed by atoms with van der Waals surface area (Å²) in [6.07, 6.45) is -2.24. The zero-order valence-corrected chi connectivity index (χ0v) is 20.9. The maximum absolute atomic E-state index is 14.9. The minimum absolute atomic E-state index is 0.0206. The van der Waals surface area contributed by atoms with Crippen molar-refractivity contribution in [3.05, 3.63) is 47.9 Å². The lowest BCUT2D eigenvalue weighted by atomic mass is 9.97. The van der Waals surface area contributed by atoms with Gasteiger partial charge in [-0.2, -0.15) is 22.0 Å². The summed E-state index contributed by atoms with van der Waals surface area (Å²) in [5.41, 5.74) is 5.92. The van der Waals surface area contributed by atoms with Gasteiger partial charge in [-0.05, 0) is 75.0 Å². The predicted octanol–water partition coefficient (Wildman–Crippen LogP) is 4.27. The summed E-state index contributed by atoms with van der Waals surface area (Å²) in [6.45, 7) is -0.539. The fraction of sp³-hybridized carbons (Fsp3) is 0.500. The van der Waals surface area contributed by atoms with Gasteiger partial charge in [0, 0.05) is 17.7 Å². The first-order valence-corrected chi connectivity index (χ1v) is 12.5. The van der Waals surface area contributed by atoms with Gasteiger partial charge in [0.2, 0.25) is 5.91 Å². The Morgan fingerprint density at radius 1 is 1.03 bits per heavy atom. The van der Waals surface area contributed by atoms with E-state index in [0.717, 1.165) is 11.0 Å². The third-order valence-electron chi connectivity index (χ3n) is 7.10. The maximum atomic E-state index is 14.9. The van der Waals surface area contributed by atoms with Gasteiger partial charge in [-0.1, -0.05) is 0 Å². The van der Waals surface area contributed by atoms with E-state index in [4.69, 9.17) is 10.5 Å². The second-order valence-electron chi connectivity index (χ2n) is 9.87. The first kappa shape index (κ1) is 28.7. The van der Waals surface area contributed by atoms with Crippen LogP contribution in [0, 0.1) is 11.7 Å². The molecule has 3 heterocycles. The summed E-state index contributed by atoms with van der Waals surface area (Å²) in [5.74, 6) is -6.11. The molecule has 2 fully saturated rings. The average Bonchev–Trinajstić information content (AvgIpc) is 3.38. The van der Waals surface area contributed by atoms with Gasteiger partial charge in [-0.15, -0.1) is 0 Å². The number of ether oxygens (including phenoxy) is 1. The van der Waals surface area contributed by atoms with E-state index in [2.05, 4.69) is 4.98 Å². The van der Waals surface area contributed by atoms with Crippen LogP contribution in [0.3, 0.4) is 0 Å². The van der Waals surface area contributed by atoms with E-state index in [9.17, 15) is 35.9 Å². The molecule has 0 bridgehead atoms. The zero-order chi connectivity index (χ0) is 28.4. The predicted molar refractivity (Wildman–Crippen MR) is 129 cm³/mol. The van der Waals surface area contributed by atoms with Crippen LogP contribution in [0.15, 0.2) is 36.5 Å². The molecule has 2 aliphatic heterocycles. The van der Waals surface area contributed by atoms with E-state index < -0.39 is 42.3 Å². The highest BCUT2D eigenvalue weighted by atomic mass is 19.4.